The van der Waals surface area contributed by atoms with E-state index in [0.29, 0.717) is 5.69 Å². The minimum Gasteiger partial charge on any atom is -0.388 e. The number of hydrogen-bond acceptors (Lipinski definition) is 4. The average molecular weight is 215 g/mol. The third-order valence-corrected chi connectivity index (χ3v) is 1.86. The molecule has 0 spiro atoms. The topological polar surface area (TPSA) is 72.2 Å². The molecule has 0 aliphatic carbocycles. The number of anilines is 1. The molecular formula is C8H7ClN2O3. The van der Waals surface area contributed by atoms with Crippen LogP contribution < -0.4 is 5.32 Å². The number of benzene rings is 1. The molecule has 5 nitrogen and oxygen atoms in total. The fourth-order valence-corrected chi connectivity index (χ4v) is 1.08. The van der Waals surface area contributed by atoms with E-state index in [9.17, 15) is 14.9 Å². The van der Waals surface area contributed by atoms with Crippen LogP contribution in [0.4, 0.5) is 11.4 Å². The zero-order chi connectivity index (χ0) is 10.7. The normalized spacial score (nSPS) is 9.57. The molecule has 74 valence electrons. The van der Waals surface area contributed by atoms with Gasteiger partial charge in [0, 0.05) is 30.4 Å². The van der Waals surface area contributed by atoms with Crippen LogP contribution in [0.2, 0.25) is 0 Å². The Morgan fingerprint density at radius 1 is 1.50 bits per heavy atom. The number of carbonyl (C=O) groups excluding carboxylic acids is 1. The highest BCUT2D eigenvalue weighted by Crippen LogP contribution is 2.21. The highest BCUT2D eigenvalue weighted by molar-refractivity contribution is 6.67. The van der Waals surface area contributed by atoms with Gasteiger partial charge in [-0.1, -0.05) is 0 Å². The highest BCUT2D eigenvalue weighted by Gasteiger charge is 2.12. The van der Waals surface area contributed by atoms with Crippen LogP contribution in [-0.2, 0) is 0 Å². The summed E-state index contributed by atoms with van der Waals surface area (Å²) in [7, 11) is 1.60. The molecule has 0 unspecified atom stereocenters. The van der Waals surface area contributed by atoms with Crippen molar-refractivity contribution in [2.45, 2.75) is 0 Å². The van der Waals surface area contributed by atoms with Gasteiger partial charge in [-0.25, -0.2) is 0 Å². The Hall–Kier alpha value is -1.62. The van der Waals surface area contributed by atoms with E-state index in [-0.39, 0.29) is 11.3 Å². The van der Waals surface area contributed by atoms with Crippen LogP contribution >= 0.6 is 11.6 Å². The molecule has 0 aliphatic heterocycles. The zero-order valence-corrected chi connectivity index (χ0v) is 8.04. The van der Waals surface area contributed by atoms with Gasteiger partial charge in [0.2, 0.25) is 0 Å². The summed E-state index contributed by atoms with van der Waals surface area (Å²) < 4.78 is 0. The first kappa shape index (κ1) is 10.5. The number of non-ortho nitro benzene ring substituents is 1. The molecule has 0 radical (unpaired) electrons. The van der Waals surface area contributed by atoms with E-state index < -0.39 is 10.2 Å². The van der Waals surface area contributed by atoms with E-state index in [0.717, 1.165) is 6.07 Å². The summed E-state index contributed by atoms with van der Waals surface area (Å²) >= 11 is 5.22. The van der Waals surface area contributed by atoms with Gasteiger partial charge in [0.15, 0.2) is 0 Å². The zero-order valence-electron chi connectivity index (χ0n) is 7.28. The van der Waals surface area contributed by atoms with E-state index in [4.69, 9.17) is 11.6 Å². The van der Waals surface area contributed by atoms with Crippen LogP contribution in [0.1, 0.15) is 10.4 Å². The summed E-state index contributed by atoms with van der Waals surface area (Å²) in [4.78, 5) is 20.7. The lowest BCUT2D eigenvalue weighted by atomic mass is 10.2. The third-order valence-electron chi connectivity index (χ3n) is 1.64. The number of halogens is 1. The number of carbonyl (C=O) groups is 1. The number of hydrogen-bond donors (Lipinski definition) is 1. The van der Waals surface area contributed by atoms with Crippen molar-refractivity contribution in [3.05, 3.63) is 33.9 Å². The first-order valence-corrected chi connectivity index (χ1v) is 4.09. The van der Waals surface area contributed by atoms with Crippen molar-refractivity contribution in [1.29, 1.82) is 0 Å². The Labute approximate surface area is 84.8 Å². The quantitative estimate of drug-likeness (QED) is 0.475. The van der Waals surface area contributed by atoms with Gasteiger partial charge in [0.25, 0.3) is 10.9 Å². The van der Waals surface area contributed by atoms with Crippen molar-refractivity contribution in [1.82, 2.24) is 0 Å². The lowest BCUT2D eigenvalue weighted by Gasteiger charge is -2.01. The van der Waals surface area contributed by atoms with E-state index >= 15 is 0 Å². The largest absolute Gasteiger partial charge is 0.388 e. The summed E-state index contributed by atoms with van der Waals surface area (Å²) in [5.41, 5.74) is 0.411. The summed E-state index contributed by atoms with van der Waals surface area (Å²) in [6, 6.07) is 3.90. The van der Waals surface area contributed by atoms with Gasteiger partial charge in [-0.05, 0) is 17.7 Å². The van der Waals surface area contributed by atoms with Gasteiger partial charge < -0.3 is 5.32 Å². The lowest BCUT2D eigenvalue weighted by molar-refractivity contribution is -0.384. The molecule has 1 aromatic rings. The third kappa shape index (κ3) is 2.20. The van der Waals surface area contributed by atoms with Crippen LogP contribution in [0.25, 0.3) is 0 Å². The molecule has 0 bridgehead atoms. The highest BCUT2D eigenvalue weighted by atomic mass is 35.5. The molecular weight excluding hydrogens is 208 g/mol. The first-order valence-electron chi connectivity index (χ1n) is 3.71. The average Bonchev–Trinajstić information content (AvgIpc) is 2.16. The Morgan fingerprint density at radius 2 is 2.14 bits per heavy atom. The summed E-state index contributed by atoms with van der Waals surface area (Å²) in [6.45, 7) is 0. The van der Waals surface area contributed by atoms with Gasteiger partial charge in [0.1, 0.15) is 0 Å². The maximum absolute atomic E-state index is 10.8. The second kappa shape index (κ2) is 4.06. The Kier molecular flexibility index (Phi) is 3.03. The number of nitro benzene ring substituents is 1. The van der Waals surface area contributed by atoms with Gasteiger partial charge >= 0.3 is 0 Å². The molecule has 0 atom stereocenters. The molecule has 0 saturated carbocycles. The smallest absolute Gasteiger partial charge is 0.272 e. The number of nitrogens with zero attached hydrogens (tertiary/aromatic N) is 1. The van der Waals surface area contributed by atoms with Crippen LogP contribution in [0.3, 0.4) is 0 Å². The maximum Gasteiger partial charge on any atom is 0.272 e. The summed E-state index contributed by atoms with van der Waals surface area (Å²) in [5, 5.41) is 12.5. The second-order valence-electron chi connectivity index (χ2n) is 2.55. The predicted molar refractivity (Wildman–Crippen MR) is 52.8 cm³/mol. The minimum absolute atomic E-state index is 0.102. The van der Waals surface area contributed by atoms with Crippen LogP contribution in [-0.4, -0.2) is 17.2 Å². The number of nitrogens with one attached hydrogen (secondary N) is 1. The van der Waals surface area contributed by atoms with Crippen molar-refractivity contribution in [2.75, 3.05) is 12.4 Å². The maximum atomic E-state index is 10.8. The standard InChI is InChI=1S/C8H7ClN2O3/c1-10-6-2-5(8(9)12)3-7(4-6)11(13)14/h2-4,10H,1H3. The first-order chi connectivity index (χ1) is 6.54. The molecule has 0 aliphatic rings. The van der Waals surface area contributed by atoms with Gasteiger partial charge in [-0.15, -0.1) is 0 Å². The SMILES string of the molecule is CNc1cc(C(=O)Cl)cc([N+](=O)[O-])c1. The van der Waals surface area contributed by atoms with Crippen molar-refractivity contribution >= 4 is 28.2 Å². The lowest BCUT2D eigenvalue weighted by Crippen LogP contribution is -1.97. The fraction of sp³-hybridized carbons (Fsp3) is 0.125. The fourth-order valence-electron chi connectivity index (χ4n) is 0.974. The molecule has 14 heavy (non-hydrogen) atoms. The van der Waals surface area contributed by atoms with Crippen molar-refractivity contribution < 1.29 is 9.72 Å². The minimum atomic E-state index is -0.717. The number of rotatable bonds is 3. The molecule has 1 N–H and O–H groups in total. The summed E-state index contributed by atoms with van der Waals surface area (Å²) in [5.74, 6) is 0. The molecule has 0 fully saturated rings. The van der Waals surface area contributed by atoms with E-state index in [1.54, 1.807) is 7.05 Å². The van der Waals surface area contributed by atoms with Crippen LogP contribution in [0.5, 0.6) is 0 Å². The van der Waals surface area contributed by atoms with E-state index in [2.05, 4.69) is 5.32 Å². The Bertz CT molecular complexity index is 360. The van der Waals surface area contributed by atoms with Crippen molar-refractivity contribution in [2.24, 2.45) is 0 Å². The predicted octanol–water partition coefficient (Wildman–Crippen LogP) is 2.02. The monoisotopic (exact) mass is 214 g/mol. The molecule has 0 heterocycles. The van der Waals surface area contributed by atoms with Crippen molar-refractivity contribution in [3.63, 3.8) is 0 Å². The Morgan fingerprint density at radius 3 is 2.57 bits per heavy atom. The molecule has 0 saturated heterocycles. The van der Waals surface area contributed by atoms with Gasteiger partial charge in [-0.2, -0.15) is 0 Å². The van der Waals surface area contributed by atoms with Crippen LogP contribution in [0, 0.1) is 10.1 Å². The molecule has 0 amide bonds. The van der Waals surface area contributed by atoms with Gasteiger partial charge in [0.05, 0.1) is 4.92 Å². The van der Waals surface area contributed by atoms with E-state index in [1.165, 1.54) is 12.1 Å². The Balaban J connectivity index is 3.27. The van der Waals surface area contributed by atoms with Crippen LogP contribution in [0.15, 0.2) is 18.2 Å². The molecule has 0 aromatic heterocycles. The van der Waals surface area contributed by atoms with Crippen molar-refractivity contribution in [3.8, 4) is 0 Å². The number of nitro groups is 1. The van der Waals surface area contributed by atoms with Gasteiger partial charge in [-0.3, -0.25) is 14.9 Å². The van der Waals surface area contributed by atoms with E-state index in [1.807, 2.05) is 0 Å². The molecule has 1 rings (SSSR count). The molecule has 6 heteroatoms. The summed E-state index contributed by atoms with van der Waals surface area (Å²) in [6.07, 6.45) is 0. The second-order valence-corrected chi connectivity index (χ2v) is 2.89. The molecule has 1 aromatic carbocycles.